The topological polar surface area (TPSA) is 37.3 Å². The Kier molecular flexibility index (Phi) is 0.748. The Morgan fingerprint density at radius 1 is 1.14 bits per heavy atom. The number of aliphatic carboxylic acids is 1. The van der Waals surface area contributed by atoms with E-state index in [0.717, 1.165) is 47.3 Å². The van der Waals surface area contributed by atoms with Crippen molar-refractivity contribution in [3.63, 3.8) is 0 Å². The lowest BCUT2D eigenvalue weighted by Crippen LogP contribution is -2.60. The molecule has 0 aromatic carbocycles. The molecule has 0 amide bonds. The molecule has 0 radical (unpaired) electrons. The predicted molar refractivity (Wildman–Crippen MR) is 48.3 cm³/mol. The van der Waals surface area contributed by atoms with Crippen LogP contribution in [-0.2, 0) is 4.79 Å². The first-order chi connectivity index (χ1) is 6.79. The van der Waals surface area contributed by atoms with E-state index in [1.807, 2.05) is 0 Å². The lowest BCUT2D eigenvalue weighted by atomic mass is 9.41. The molecule has 2 nitrogen and oxygen atoms in total. The highest BCUT2D eigenvalue weighted by Crippen LogP contribution is 2.89. The van der Waals surface area contributed by atoms with E-state index < -0.39 is 5.97 Å². The van der Waals surface area contributed by atoms with E-state index in [9.17, 15) is 4.79 Å². The molecule has 0 aromatic heterocycles. The van der Waals surface area contributed by atoms with E-state index in [0.29, 0.717) is 0 Å². The quantitative estimate of drug-likeness (QED) is 0.631. The van der Waals surface area contributed by atoms with Crippen LogP contribution in [0.5, 0.6) is 0 Å². The third-order valence-electron chi connectivity index (χ3n) is 6.13. The van der Waals surface area contributed by atoms with Crippen molar-refractivity contribution in [3.05, 3.63) is 11.6 Å². The summed E-state index contributed by atoms with van der Waals surface area (Å²) in [6.07, 6.45) is 2.99. The zero-order valence-electron chi connectivity index (χ0n) is 7.76. The van der Waals surface area contributed by atoms with Gasteiger partial charge in [0.05, 0.1) is 0 Å². The highest BCUT2D eigenvalue weighted by Gasteiger charge is 2.85. The van der Waals surface area contributed by atoms with Gasteiger partial charge in [0.1, 0.15) is 0 Å². The molecule has 6 aliphatic rings. The van der Waals surface area contributed by atoms with Crippen LogP contribution in [0, 0.1) is 47.3 Å². The largest absolute Gasteiger partial charge is 0.478 e. The molecule has 0 heterocycles. The maximum absolute atomic E-state index is 10.8. The van der Waals surface area contributed by atoms with Gasteiger partial charge in [-0.3, -0.25) is 0 Å². The molecule has 8 unspecified atom stereocenters. The molecule has 0 spiro atoms. The molecule has 6 fully saturated rings. The van der Waals surface area contributed by atoms with Gasteiger partial charge in [0.15, 0.2) is 0 Å². The summed E-state index contributed by atoms with van der Waals surface area (Å²) in [6.45, 7) is 0. The molecular weight excluding hydrogens is 176 g/mol. The standard InChI is InChI=1S/C12H12O2/c13-6(14)2-5-7-3-1-4-8(7)12-10(4)9(3)11(5)12/h2-4,7-12H,1H2,(H,13,14)/b5-2+. The van der Waals surface area contributed by atoms with Crippen LogP contribution in [-0.4, -0.2) is 11.1 Å². The fraction of sp³-hybridized carbons (Fsp3) is 0.750. The minimum absolute atomic E-state index is 0.715. The zero-order chi connectivity index (χ0) is 9.19. The number of rotatable bonds is 1. The second-order valence-corrected chi connectivity index (χ2v) is 5.91. The lowest BCUT2D eigenvalue weighted by molar-refractivity contribution is -0.168. The van der Waals surface area contributed by atoms with Gasteiger partial charge in [0.25, 0.3) is 0 Å². The minimum atomic E-state index is -0.715. The molecule has 0 aliphatic heterocycles. The van der Waals surface area contributed by atoms with Gasteiger partial charge >= 0.3 is 5.97 Å². The van der Waals surface area contributed by atoms with Crippen LogP contribution < -0.4 is 0 Å². The molecule has 0 aromatic rings. The normalized spacial score (nSPS) is 71.3. The minimum Gasteiger partial charge on any atom is -0.478 e. The summed E-state index contributed by atoms with van der Waals surface area (Å²) in [6, 6.07) is 0. The molecule has 6 aliphatic carbocycles. The van der Waals surface area contributed by atoms with Crippen LogP contribution in [0.4, 0.5) is 0 Å². The SMILES string of the molecule is O=C(O)/C=C1\C2C3CC4C2C2C1C3C42. The summed E-state index contributed by atoms with van der Waals surface area (Å²) < 4.78 is 0. The Morgan fingerprint density at radius 2 is 1.93 bits per heavy atom. The summed E-state index contributed by atoms with van der Waals surface area (Å²) in [5.41, 5.74) is 1.35. The molecule has 72 valence electrons. The molecule has 8 atom stereocenters. The maximum Gasteiger partial charge on any atom is 0.328 e. The van der Waals surface area contributed by atoms with Crippen LogP contribution in [0.15, 0.2) is 11.6 Å². The maximum atomic E-state index is 10.8. The molecule has 6 rings (SSSR count). The average Bonchev–Trinajstić information content (AvgIpc) is 2.55. The van der Waals surface area contributed by atoms with Crippen molar-refractivity contribution < 1.29 is 9.90 Å². The van der Waals surface area contributed by atoms with Crippen LogP contribution in [0.1, 0.15) is 6.42 Å². The molecule has 6 saturated carbocycles. The van der Waals surface area contributed by atoms with Gasteiger partial charge in [0.2, 0.25) is 0 Å². The Hall–Kier alpha value is -0.790. The molecule has 14 heavy (non-hydrogen) atoms. The molecular formula is C12H12O2. The fourth-order valence-corrected chi connectivity index (χ4v) is 6.30. The van der Waals surface area contributed by atoms with Crippen LogP contribution in [0.2, 0.25) is 0 Å². The second kappa shape index (κ2) is 1.58. The average molecular weight is 188 g/mol. The van der Waals surface area contributed by atoms with Crippen LogP contribution in [0.3, 0.4) is 0 Å². The Bertz CT molecular complexity index is 407. The monoisotopic (exact) mass is 188 g/mol. The van der Waals surface area contributed by atoms with E-state index >= 15 is 0 Å². The van der Waals surface area contributed by atoms with Crippen molar-refractivity contribution >= 4 is 5.97 Å². The summed E-state index contributed by atoms with van der Waals surface area (Å²) in [4.78, 5) is 10.8. The number of carboxylic acid groups (broad SMARTS) is 1. The Labute approximate surface area is 82.0 Å². The van der Waals surface area contributed by atoms with E-state index in [4.69, 9.17) is 5.11 Å². The third-order valence-corrected chi connectivity index (χ3v) is 6.13. The van der Waals surface area contributed by atoms with Crippen molar-refractivity contribution in [2.75, 3.05) is 0 Å². The van der Waals surface area contributed by atoms with Crippen molar-refractivity contribution in [1.82, 2.24) is 0 Å². The number of carbonyl (C=O) groups is 1. The summed E-state index contributed by atoms with van der Waals surface area (Å²) in [7, 11) is 0. The van der Waals surface area contributed by atoms with Gasteiger partial charge in [0, 0.05) is 6.08 Å². The van der Waals surface area contributed by atoms with Gasteiger partial charge in [-0.2, -0.15) is 0 Å². The molecule has 1 N–H and O–H groups in total. The first kappa shape index (κ1) is 6.65. The van der Waals surface area contributed by atoms with Crippen molar-refractivity contribution in [2.24, 2.45) is 47.3 Å². The van der Waals surface area contributed by atoms with Crippen molar-refractivity contribution in [2.45, 2.75) is 6.42 Å². The summed E-state index contributed by atoms with van der Waals surface area (Å²) in [5, 5.41) is 8.86. The predicted octanol–water partition coefficient (Wildman–Crippen LogP) is 1.39. The zero-order valence-corrected chi connectivity index (χ0v) is 7.76. The number of hydrogen-bond donors (Lipinski definition) is 1. The molecule has 0 saturated heterocycles. The van der Waals surface area contributed by atoms with Gasteiger partial charge in [-0.1, -0.05) is 5.57 Å². The first-order valence-electron chi connectivity index (χ1n) is 5.73. The summed E-state index contributed by atoms with van der Waals surface area (Å²) >= 11 is 0. The van der Waals surface area contributed by atoms with Gasteiger partial charge in [-0.05, 0) is 53.8 Å². The highest BCUT2D eigenvalue weighted by atomic mass is 16.4. The smallest absolute Gasteiger partial charge is 0.328 e. The van der Waals surface area contributed by atoms with E-state index in [2.05, 4.69) is 0 Å². The first-order valence-corrected chi connectivity index (χ1v) is 5.73. The number of hydrogen-bond acceptors (Lipinski definition) is 1. The van der Waals surface area contributed by atoms with Crippen molar-refractivity contribution in [1.29, 1.82) is 0 Å². The van der Waals surface area contributed by atoms with E-state index in [-0.39, 0.29) is 0 Å². The van der Waals surface area contributed by atoms with Gasteiger partial charge < -0.3 is 5.11 Å². The third kappa shape index (κ3) is 0.383. The van der Waals surface area contributed by atoms with Gasteiger partial charge in [-0.25, -0.2) is 4.79 Å². The van der Waals surface area contributed by atoms with Gasteiger partial charge in [-0.15, -0.1) is 0 Å². The van der Waals surface area contributed by atoms with Crippen LogP contribution >= 0.6 is 0 Å². The summed E-state index contributed by atoms with van der Waals surface area (Å²) in [5.74, 6) is 6.54. The Morgan fingerprint density at radius 3 is 2.57 bits per heavy atom. The number of allylic oxidation sites excluding steroid dienone is 1. The number of carboxylic acids is 1. The van der Waals surface area contributed by atoms with E-state index in [1.54, 1.807) is 6.08 Å². The molecule has 2 heteroatoms. The van der Waals surface area contributed by atoms with E-state index in [1.165, 1.54) is 12.0 Å². The molecule has 4 bridgehead atoms. The second-order valence-electron chi connectivity index (χ2n) is 5.91. The van der Waals surface area contributed by atoms with Crippen molar-refractivity contribution in [3.8, 4) is 0 Å². The Balaban J connectivity index is 1.72. The highest BCUT2D eigenvalue weighted by molar-refractivity contribution is 5.81. The fourth-order valence-electron chi connectivity index (χ4n) is 6.30. The lowest BCUT2D eigenvalue weighted by Gasteiger charge is -2.63. The van der Waals surface area contributed by atoms with Crippen LogP contribution in [0.25, 0.3) is 0 Å².